The number of benzene rings is 1. The fourth-order valence-electron chi connectivity index (χ4n) is 1.47. The molecule has 0 fully saturated rings. The van der Waals surface area contributed by atoms with Crippen LogP contribution in [0.2, 0.25) is 0 Å². The van der Waals surface area contributed by atoms with Crippen LogP contribution in [0.25, 0.3) is 10.2 Å². The summed E-state index contributed by atoms with van der Waals surface area (Å²) in [5.41, 5.74) is 0.708. The fraction of sp³-hybridized carbons (Fsp3) is 0.333. The van der Waals surface area contributed by atoms with Gasteiger partial charge in [-0.2, -0.15) is 0 Å². The van der Waals surface area contributed by atoms with Crippen molar-refractivity contribution in [3.8, 4) is 0 Å². The smallest absolute Gasteiger partial charge is 0.328 e. The number of hydrogen-bond acceptors (Lipinski definition) is 5. The maximum Gasteiger partial charge on any atom is 0.328 e. The van der Waals surface area contributed by atoms with Gasteiger partial charge in [-0.15, -0.1) is 0 Å². The van der Waals surface area contributed by atoms with Crippen molar-refractivity contribution in [2.24, 2.45) is 0 Å². The number of carbonyl (C=O) groups excluding carboxylic acids is 1. The van der Waals surface area contributed by atoms with Gasteiger partial charge < -0.3 is 10.1 Å². The quantitative estimate of drug-likeness (QED) is 0.866. The van der Waals surface area contributed by atoms with Crippen LogP contribution in [0.4, 0.5) is 9.52 Å². The molecule has 1 unspecified atom stereocenters. The Bertz CT molecular complexity index is 570. The third-order valence-corrected chi connectivity index (χ3v) is 3.28. The molecule has 1 aromatic carbocycles. The first-order chi connectivity index (χ1) is 8.60. The van der Waals surface area contributed by atoms with Gasteiger partial charge in [0, 0.05) is 0 Å². The van der Waals surface area contributed by atoms with Crippen molar-refractivity contribution in [3.05, 3.63) is 24.0 Å². The summed E-state index contributed by atoms with van der Waals surface area (Å²) in [5, 5.41) is 3.53. The monoisotopic (exact) mass is 268 g/mol. The molecule has 6 heteroatoms. The summed E-state index contributed by atoms with van der Waals surface area (Å²) >= 11 is 1.31. The van der Waals surface area contributed by atoms with E-state index < -0.39 is 6.04 Å². The number of anilines is 1. The van der Waals surface area contributed by atoms with Crippen molar-refractivity contribution >= 4 is 32.7 Å². The van der Waals surface area contributed by atoms with Crippen molar-refractivity contribution in [1.29, 1.82) is 0 Å². The van der Waals surface area contributed by atoms with Crippen molar-refractivity contribution in [2.45, 2.75) is 19.9 Å². The number of aromatic nitrogens is 1. The Balaban J connectivity index is 2.14. The minimum Gasteiger partial charge on any atom is -0.464 e. The highest BCUT2D eigenvalue weighted by Gasteiger charge is 2.15. The Morgan fingerprint density at radius 2 is 2.39 bits per heavy atom. The molecule has 2 aromatic rings. The van der Waals surface area contributed by atoms with E-state index in [-0.39, 0.29) is 11.8 Å². The molecule has 0 spiro atoms. The molecule has 0 bridgehead atoms. The largest absolute Gasteiger partial charge is 0.464 e. The molecule has 0 aliphatic carbocycles. The first kappa shape index (κ1) is 12.8. The zero-order chi connectivity index (χ0) is 13.1. The molecule has 1 N–H and O–H groups in total. The summed E-state index contributed by atoms with van der Waals surface area (Å²) in [5.74, 6) is -0.626. The van der Waals surface area contributed by atoms with Crippen LogP contribution in [0.5, 0.6) is 0 Å². The number of esters is 1. The van der Waals surface area contributed by atoms with Crippen LogP contribution < -0.4 is 5.32 Å². The van der Waals surface area contributed by atoms with Gasteiger partial charge in [-0.05, 0) is 32.0 Å². The molecule has 1 heterocycles. The lowest BCUT2D eigenvalue weighted by Crippen LogP contribution is -2.28. The van der Waals surface area contributed by atoms with Crippen molar-refractivity contribution in [2.75, 3.05) is 11.9 Å². The molecular weight excluding hydrogens is 255 g/mol. The van der Waals surface area contributed by atoms with E-state index in [0.717, 1.165) is 4.70 Å². The van der Waals surface area contributed by atoms with Gasteiger partial charge in [0.2, 0.25) is 0 Å². The normalized spacial score (nSPS) is 12.4. The second-order valence-electron chi connectivity index (χ2n) is 3.75. The molecule has 0 saturated carbocycles. The van der Waals surface area contributed by atoms with Crippen LogP contribution in [-0.2, 0) is 9.53 Å². The lowest BCUT2D eigenvalue weighted by atomic mass is 10.3. The molecule has 18 heavy (non-hydrogen) atoms. The Morgan fingerprint density at radius 1 is 1.61 bits per heavy atom. The van der Waals surface area contributed by atoms with Gasteiger partial charge in [-0.1, -0.05) is 11.3 Å². The molecular formula is C12H13FN2O2S. The minimum absolute atomic E-state index is 0.295. The van der Waals surface area contributed by atoms with E-state index in [1.54, 1.807) is 19.9 Å². The molecule has 96 valence electrons. The second-order valence-corrected chi connectivity index (χ2v) is 4.78. The number of carbonyl (C=O) groups is 1. The van der Waals surface area contributed by atoms with Crippen LogP contribution in [-0.4, -0.2) is 23.6 Å². The Hall–Kier alpha value is -1.69. The van der Waals surface area contributed by atoms with Gasteiger partial charge in [0.05, 0.1) is 16.8 Å². The Morgan fingerprint density at radius 3 is 3.11 bits per heavy atom. The number of thiazole rings is 1. The molecule has 0 aliphatic heterocycles. The summed E-state index contributed by atoms with van der Waals surface area (Å²) in [4.78, 5) is 15.7. The van der Waals surface area contributed by atoms with Gasteiger partial charge >= 0.3 is 5.97 Å². The van der Waals surface area contributed by atoms with Crippen molar-refractivity contribution < 1.29 is 13.9 Å². The van der Waals surface area contributed by atoms with Crippen LogP contribution in [0.3, 0.4) is 0 Å². The van der Waals surface area contributed by atoms with E-state index in [9.17, 15) is 9.18 Å². The average molecular weight is 268 g/mol. The highest BCUT2D eigenvalue weighted by Crippen LogP contribution is 2.26. The highest BCUT2D eigenvalue weighted by molar-refractivity contribution is 7.22. The lowest BCUT2D eigenvalue weighted by molar-refractivity contribution is -0.143. The summed E-state index contributed by atoms with van der Waals surface area (Å²) in [6, 6.07) is 3.92. The number of halogens is 1. The predicted octanol–water partition coefficient (Wildman–Crippen LogP) is 2.80. The zero-order valence-electron chi connectivity index (χ0n) is 10.1. The number of fused-ring (bicyclic) bond motifs is 1. The number of nitrogens with one attached hydrogen (secondary N) is 1. The van der Waals surface area contributed by atoms with E-state index in [4.69, 9.17) is 4.74 Å². The van der Waals surface area contributed by atoms with Crippen molar-refractivity contribution in [1.82, 2.24) is 4.98 Å². The molecule has 2 rings (SSSR count). The first-order valence-electron chi connectivity index (χ1n) is 5.59. The summed E-state index contributed by atoms with van der Waals surface area (Å²) < 4.78 is 18.6. The second kappa shape index (κ2) is 5.30. The zero-order valence-corrected chi connectivity index (χ0v) is 10.9. The molecule has 0 amide bonds. The van der Waals surface area contributed by atoms with Crippen LogP contribution in [0.1, 0.15) is 13.8 Å². The summed E-state index contributed by atoms with van der Waals surface area (Å²) in [7, 11) is 0. The van der Waals surface area contributed by atoms with E-state index in [1.165, 1.54) is 23.5 Å². The van der Waals surface area contributed by atoms with Gasteiger partial charge in [-0.3, -0.25) is 0 Å². The minimum atomic E-state index is -0.477. The maximum atomic E-state index is 13.0. The molecule has 1 aromatic heterocycles. The van der Waals surface area contributed by atoms with Gasteiger partial charge in [-0.25, -0.2) is 14.2 Å². The maximum absolute atomic E-state index is 13.0. The first-order valence-corrected chi connectivity index (χ1v) is 6.41. The lowest BCUT2D eigenvalue weighted by Gasteiger charge is -2.10. The Kier molecular flexibility index (Phi) is 3.76. The molecule has 0 saturated heterocycles. The third-order valence-electron chi connectivity index (χ3n) is 2.33. The molecule has 0 radical (unpaired) electrons. The highest BCUT2D eigenvalue weighted by atomic mass is 32.1. The van der Waals surface area contributed by atoms with Gasteiger partial charge in [0.15, 0.2) is 5.13 Å². The number of rotatable bonds is 4. The summed E-state index contributed by atoms with van der Waals surface area (Å²) in [6.45, 7) is 3.80. The number of hydrogen-bond donors (Lipinski definition) is 1. The van der Waals surface area contributed by atoms with Crippen LogP contribution in [0.15, 0.2) is 18.2 Å². The molecule has 4 nitrogen and oxygen atoms in total. The van der Waals surface area contributed by atoms with E-state index in [2.05, 4.69) is 10.3 Å². The van der Waals surface area contributed by atoms with Gasteiger partial charge in [0.1, 0.15) is 11.9 Å². The van der Waals surface area contributed by atoms with Gasteiger partial charge in [0.25, 0.3) is 0 Å². The predicted molar refractivity (Wildman–Crippen MR) is 69.3 cm³/mol. The fourth-order valence-corrected chi connectivity index (χ4v) is 2.45. The summed E-state index contributed by atoms with van der Waals surface area (Å²) in [6.07, 6.45) is 0. The molecule has 0 aliphatic rings. The topological polar surface area (TPSA) is 51.2 Å². The third kappa shape index (κ3) is 2.76. The van der Waals surface area contributed by atoms with E-state index in [1.807, 2.05) is 0 Å². The molecule has 1 atom stereocenters. The SMILES string of the molecule is CCOC(=O)C(C)Nc1nc2ccc(F)cc2s1. The Labute approximate surface area is 108 Å². The van der Waals surface area contributed by atoms with E-state index >= 15 is 0 Å². The van der Waals surface area contributed by atoms with E-state index in [0.29, 0.717) is 17.3 Å². The van der Waals surface area contributed by atoms with Crippen LogP contribution >= 0.6 is 11.3 Å². The number of nitrogens with zero attached hydrogens (tertiary/aromatic N) is 1. The van der Waals surface area contributed by atoms with Crippen molar-refractivity contribution in [3.63, 3.8) is 0 Å². The standard InChI is InChI=1S/C12H13FN2O2S/c1-3-17-11(16)7(2)14-12-15-9-5-4-8(13)6-10(9)18-12/h4-7H,3H2,1-2H3,(H,14,15). The number of ether oxygens (including phenoxy) is 1. The van der Waals surface area contributed by atoms with Crippen LogP contribution in [0, 0.1) is 5.82 Å². The average Bonchev–Trinajstić information content (AvgIpc) is 2.70.